The average Bonchev–Trinajstić information content (AvgIpc) is 3.03. The first kappa shape index (κ1) is 20.2. The Hall–Kier alpha value is -2.09. The Labute approximate surface area is 154 Å². The van der Waals surface area contributed by atoms with Crippen LogP contribution in [0, 0.1) is 0 Å². The summed E-state index contributed by atoms with van der Waals surface area (Å²) in [5.74, 6) is 0. The number of carbonyl (C=O) groups excluding carboxylic acids is 1. The van der Waals surface area contributed by atoms with Crippen LogP contribution in [-0.4, -0.2) is 11.0 Å². The van der Waals surface area contributed by atoms with Crippen molar-refractivity contribution >= 4 is 17.4 Å². The molecule has 0 radical (unpaired) electrons. The van der Waals surface area contributed by atoms with Crippen LogP contribution in [0.4, 0.5) is 18.0 Å². The van der Waals surface area contributed by atoms with Crippen molar-refractivity contribution in [2.75, 3.05) is 0 Å². The van der Waals surface area contributed by atoms with Gasteiger partial charge in [0.2, 0.25) is 0 Å². The van der Waals surface area contributed by atoms with E-state index in [0.717, 1.165) is 22.8 Å². The van der Waals surface area contributed by atoms with Crippen LogP contribution in [0.3, 0.4) is 0 Å². The molecule has 0 spiro atoms. The first-order valence-electron chi connectivity index (χ1n) is 8.13. The molecule has 0 aliphatic carbocycles. The molecule has 2 aromatic rings. The van der Waals surface area contributed by atoms with Crippen molar-refractivity contribution < 1.29 is 18.0 Å². The van der Waals surface area contributed by atoms with E-state index in [2.05, 4.69) is 36.4 Å². The quantitative estimate of drug-likeness (QED) is 0.776. The molecule has 1 aromatic carbocycles. The summed E-state index contributed by atoms with van der Waals surface area (Å²) in [4.78, 5) is 16.6. The Kier molecular flexibility index (Phi) is 5.95. The van der Waals surface area contributed by atoms with E-state index in [1.807, 2.05) is 12.3 Å². The predicted octanol–water partition coefficient (Wildman–Crippen LogP) is 5.02. The smallest absolute Gasteiger partial charge is 0.334 e. The van der Waals surface area contributed by atoms with Crippen LogP contribution in [0.2, 0.25) is 0 Å². The number of benzene rings is 1. The standard InChI is InChI=1S/C18H22F3N3OS/c1-11(15-24-14(10-26-15)17(2,3)4)23-16(25)22-9-12-6-5-7-13(8-12)18(19,20)21/h5-8,10-11H,9H2,1-4H3,(H2,22,23,25). The van der Waals surface area contributed by atoms with Gasteiger partial charge >= 0.3 is 12.2 Å². The van der Waals surface area contributed by atoms with Gasteiger partial charge in [0.05, 0.1) is 17.3 Å². The minimum Gasteiger partial charge on any atom is -0.334 e. The molecule has 1 aromatic heterocycles. The number of amides is 2. The Morgan fingerprint density at radius 3 is 2.54 bits per heavy atom. The third-order valence-electron chi connectivity index (χ3n) is 3.72. The first-order valence-corrected chi connectivity index (χ1v) is 9.01. The summed E-state index contributed by atoms with van der Waals surface area (Å²) in [7, 11) is 0. The summed E-state index contributed by atoms with van der Waals surface area (Å²) in [6.45, 7) is 8.01. The lowest BCUT2D eigenvalue weighted by molar-refractivity contribution is -0.137. The fourth-order valence-electron chi connectivity index (χ4n) is 2.18. The summed E-state index contributed by atoms with van der Waals surface area (Å²) < 4.78 is 38.1. The Bertz CT molecular complexity index is 766. The van der Waals surface area contributed by atoms with Crippen LogP contribution < -0.4 is 10.6 Å². The van der Waals surface area contributed by atoms with E-state index in [9.17, 15) is 18.0 Å². The van der Waals surface area contributed by atoms with E-state index in [-0.39, 0.29) is 18.0 Å². The van der Waals surface area contributed by atoms with Crippen LogP contribution in [-0.2, 0) is 18.1 Å². The van der Waals surface area contributed by atoms with Crippen molar-refractivity contribution in [2.24, 2.45) is 0 Å². The van der Waals surface area contributed by atoms with Crippen LogP contribution in [0.5, 0.6) is 0 Å². The van der Waals surface area contributed by atoms with E-state index >= 15 is 0 Å². The second-order valence-corrected chi connectivity index (χ2v) is 7.96. The summed E-state index contributed by atoms with van der Waals surface area (Å²) >= 11 is 1.47. The highest BCUT2D eigenvalue weighted by Crippen LogP contribution is 2.29. The van der Waals surface area contributed by atoms with Gasteiger partial charge in [0.15, 0.2) is 0 Å². The second kappa shape index (κ2) is 7.65. The molecule has 2 amide bonds. The minimum absolute atomic E-state index is 0.00752. The molecule has 1 unspecified atom stereocenters. The maximum absolute atomic E-state index is 12.7. The van der Waals surface area contributed by atoms with Gasteiger partial charge in [-0.2, -0.15) is 13.2 Å². The summed E-state index contributed by atoms with van der Waals surface area (Å²) in [5, 5.41) is 8.07. The molecule has 26 heavy (non-hydrogen) atoms. The normalized spacial score (nSPS) is 13.3. The zero-order valence-corrected chi connectivity index (χ0v) is 15.9. The number of hydrogen-bond donors (Lipinski definition) is 2. The number of carbonyl (C=O) groups is 1. The molecule has 0 aliphatic rings. The molecule has 2 N–H and O–H groups in total. The third kappa shape index (κ3) is 5.45. The van der Waals surface area contributed by atoms with Crippen LogP contribution in [0.25, 0.3) is 0 Å². The number of rotatable bonds is 4. The van der Waals surface area contributed by atoms with E-state index in [0.29, 0.717) is 5.56 Å². The van der Waals surface area contributed by atoms with Gasteiger partial charge in [-0.15, -0.1) is 11.3 Å². The summed E-state index contributed by atoms with van der Waals surface area (Å²) in [6, 6.07) is 4.14. The SMILES string of the molecule is CC(NC(=O)NCc1cccc(C(F)(F)F)c1)c1nc(C(C)(C)C)cs1. The molecule has 2 rings (SSSR count). The molecule has 0 bridgehead atoms. The Morgan fingerprint density at radius 2 is 1.96 bits per heavy atom. The average molecular weight is 385 g/mol. The van der Waals surface area contributed by atoms with Crippen LogP contribution in [0.1, 0.15) is 55.6 Å². The Balaban J connectivity index is 1.92. The summed E-state index contributed by atoms with van der Waals surface area (Å²) in [5.41, 5.74) is 0.533. The molecule has 0 fully saturated rings. The molecule has 1 atom stereocenters. The maximum Gasteiger partial charge on any atom is 0.416 e. The largest absolute Gasteiger partial charge is 0.416 e. The lowest BCUT2D eigenvalue weighted by Gasteiger charge is -2.15. The van der Waals surface area contributed by atoms with Crippen molar-refractivity contribution in [3.05, 3.63) is 51.5 Å². The third-order valence-corrected chi connectivity index (χ3v) is 4.74. The molecule has 1 heterocycles. The van der Waals surface area contributed by atoms with Crippen LogP contribution >= 0.6 is 11.3 Å². The molecular formula is C18H22F3N3OS. The number of urea groups is 1. The molecule has 142 valence electrons. The molecule has 0 aliphatic heterocycles. The van der Waals surface area contributed by atoms with Crippen molar-refractivity contribution in [3.63, 3.8) is 0 Å². The van der Waals surface area contributed by atoms with Gasteiger partial charge in [0.1, 0.15) is 5.01 Å². The number of thiazole rings is 1. The van der Waals surface area contributed by atoms with Gasteiger partial charge in [-0.1, -0.05) is 32.9 Å². The van der Waals surface area contributed by atoms with Crippen molar-refractivity contribution in [1.82, 2.24) is 15.6 Å². The zero-order valence-electron chi connectivity index (χ0n) is 15.1. The first-order chi connectivity index (χ1) is 12.0. The molecule has 0 saturated carbocycles. The van der Waals surface area contributed by atoms with Gasteiger partial charge in [0.25, 0.3) is 0 Å². The number of alkyl halides is 3. The van der Waals surface area contributed by atoms with E-state index in [4.69, 9.17) is 0 Å². The van der Waals surface area contributed by atoms with Gasteiger partial charge in [0, 0.05) is 17.3 Å². The van der Waals surface area contributed by atoms with Crippen molar-refractivity contribution in [1.29, 1.82) is 0 Å². The highest BCUT2D eigenvalue weighted by molar-refractivity contribution is 7.09. The highest BCUT2D eigenvalue weighted by atomic mass is 32.1. The predicted molar refractivity (Wildman–Crippen MR) is 96.0 cm³/mol. The number of aromatic nitrogens is 1. The topological polar surface area (TPSA) is 54.0 Å². The summed E-state index contributed by atoms with van der Waals surface area (Å²) in [6.07, 6.45) is -4.40. The molecular weight excluding hydrogens is 363 g/mol. The molecule has 8 heteroatoms. The Morgan fingerprint density at radius 1 is 1.27 bits per heavy atom. The van der Waals surface area contributed by atoms with Gasteiger partial charge in [-0.05, 0) is 24.6 Å². The van der Waals surface area contributed by atoms with Crippen molar-refractivity contribution in [2.45, 2.75) is 51.9 Å². The second-order valence-electron chi connectivity index (χ2n) is 7.07. The molecule has 4 nitrogen and oxygen atoms in total. The monoisotopic (exact) mass is 385 g/mol. The van der Waals surface area contributed by atoms with E-state index in [1.165, 1.54) is 23.5 Å². The lowest BCUT2D eigenvalue weighted by atomic mass is 9.93. The van der Waals surface area contributed by atoms with Gasteiger partial charge in [-0.3, -0.25) is 0 Å². The van der Waals surface area contributed by atoms with Gasteiger partial charge < -0.3 is 10.6 Å². The zero-order chi connectivity index (χ0) is 19.5. The minimum atomic E-state index is -4.40. The number of halogens is 3. The fraction of sp³-hybridized carbons (Fsp3) is 0.444. The molecule has 0 saturated heterocycles. The maximum atomic E-state index is 12.7. The number of nitrogens with zero attached hydrogens (tertiary/aromatic N) is 1. The van der Waals surface area contributed by atoms with Crippen molar-refractivity contribution in [3.8, 4) is 0 Å². The lowest BCUT2D eigenvalue weighted by Crippen LogP contribution is -2.36. The highest BCUT2D eigenvalue weighted by Gasteiger charge is 2.30. The number of nitrogens with one attached hydrogen (secondary N) is 2. The van der Waals surface area contributed by atoms with Gasteiger partial charge in [-0.25, -0.2) is 9.78 Å². The van der Waals surface area contributed by atoms with E-state index in [1.54, 1.807) is 0 Å². The van der Waals surface area contributed by atoms with E-state index < -0.39 is 17.8 Å². The fourth-order valence-corrected chi connectivity index (χ4v) is 3.23. The number of hydrogen-bond acceptors (Lipinski definition) is 3. The van der Waals surface area contributed by atoms with Crippen LogP contribution in [0.15, 0.2) is 29.6 Å².